The first-order valence-electron chi connectivity index (χ1n) is 7.23. The zero-order valence-corrected chi connectivity index (χ0v) is 13.1. The van der Waals surface area contributed by atoms with Gasteiger partial charge in [0.15, 0.2) is 0 Å². The lowest BCUT2D eigenvalue weighted by molar-refractivity contribution is -0.121. The highest BCUT2D eigenvalue weighted by Crippen LogP contribution is 2.07. The van der Waals surface area contributed by atoms with Gasteiger partial charge in [-0.1, -0.05) is 12.1 Å². The second-order valence-corrected chi connectivity index (χ2v) is 5.75. The van der Waals surface area contributed by atoms with E-state index in [1.807, 2.05) is 23.6 Å². The summed E-state index contributed by atoms with van der Waals surface area (Å²) in [5, 5.41) is 7.54. The number of nitrogens with one attached hydrogen (secondary N) is 2. The number of carbonyl (C=O) groups excluding carboxylic acids is 2. The average molecular weight is 317 g/mol. The number of hydrogen-bond acceptors (Lipinski definition) is 4. The van der Waals surface area contributed by atoms with Gasteiger partial charge in [-0.15, -0.1) is 11.3 Å². The molecule has 0 spiro atoms. The summed E-state index contributed by atoms with van der Waals surface area (Å²) in [6.07, 6.45) is 5.35. The van der Waals surface area contributed by atoms with E-state index in [9.17, 15) is 9.59 Å². The van der Waals surface area contributed by atoms with Crippen molar-refractivity contribution in [2.75, 3.05) is 13.1 Å². The van der Waals surface area contributed by atoms with Crippen LogP contribution in [0.1, 0.15) is 28.1 Å². The van der Waals surface area contributed by atoms with Crippen LogP contribution in [0.25, 0.3) is 0 Å². The number of nitrogens with zero attached hydrogens (tertiary/aromatic N) is 1. The largest absolute Gasteiger partial charge is 0.356 e. The molecule has 0 aliphatic carbocycles. The Bertz CT molecular complexity index is 585. The van der Waals surface area contributed by atoms with Crippen LogP contribution in [0.3, 0.4) is 0 Å². The second kappa shape index (κ2) is 8.94. The maximum atomic E-state index is 11.7. The molecule has 0 aliphatic rings. The lowest BCUT2D eigenvalue weighted by Gasteiger charge is -2.06. The first kappa shape index (κ1) is 16.2. The molecule has 0 unspecified atom stereocenters. The maximum absolute atomic E-state index is 11.7. The van der Waals surface area contributed by atoms with Crippen LogP contribution in [0.4, 0.5) is 0 Å². The van der Waals surface area contributed by atoms with Gasteiger partial charge in [0, 0.05) is 31.9 Å². The summed E-state index contributed by atoms with van der Waals surface area (Å²) >= 11 is 1.41. The van der Waals surface area contributed by atoms with E-state index in [4.69, 9.17) is 0 Å². The lowest BCUT2D eigenvalue weighted by atomic mass is 10.2. The van der Waals surface area contributed by atoms with Crippen LogP contribution in [-0.2, 0) is 11.2 Å². The second-order valence-electron chi connectivity index (χ2n) is 4.80. The van der Waals surface area contributed by atoms with E-state index in [0.29, 0.717) is 30.8 Å². The zero-order chi connectivity index (χ0) is 15.6. The SMILES string of the molecule is O=C(CCCNC(=O)c1cccs1)NCCc1cccnc1. The van der Waals surface area contributed by atoms with Crippen LogP contribution >= 0.6 is 11.3 Å². The molecule has 2 aromatic rings. The van der Waals surface area contributed by atoms with Crippen LogP contribution in [0, 0.1) is 0 Å². The molecular formula is C16H19N3O2S. The number of thiophene rings is 1. The van der Waals surface area contributed by atoms with Crippen molar-refractivity contribution in [2.45, 2.75) is 19.3 Å². The highest BCUT2D eigenvalue weighted by molar-refractivity contribution is 7.12. The number of amides is 2. The van der Waals surface area contributed by atoms with Crippen molar-refractivity contribution in [2.24, 2.45) is 0 Å². The molecule has 5 nitrogen and oxygen atoms in total. The number of rotatable bonds is 8. The summed E-state index contributed by atoms with van der Waals surface area (Å²) in [5.41, 5.74) is 1.10. The minimum atomic E-state index is -0.0769. The average Bonchev–Trinajstić information content (AvgIpc) is 3.07. The third-order valence-electron chi connectivity index (χ3n) is 3.07. The molecule has 0 saturated heterocycles. The Morgan fingerprint density at radius 3 is 2.77 bits per heavy atom. The molecular weight excluding hydrogens is 298 g/mol. The van der Waals surface area contributed by atoms with Gasteiger partial charge in [-0.2, -0.15) is 0 Å². The zero-order valence-electron chi connectivity index (χ0n) is 12.2. The van der Waals surface area contributed by atoms with E-state index in [0.717, 1.165) is 12.0 Å². The molecule has 116 valence electrons. The summed E-state index contributed by atoms with van der Waals surface area (Å²) in [5.74, 6) is -0.0683. The van der Waals surface area contributed by atoms with Crippen LogP contribution < -0.4 is 10.6 Å². The molecule has 0 saturated carbocycles. The molecule has 22 heavy (non-hydrogen) atoms. The summed E-state index contributed by atoms with van der Waals surface area (Å²) in [4.78, 5) is 28.1. The molecule has 2 amide bonds. The van der Waals surface area contributed by atoms with E-state index < -0.39 is 0 Å². The van der Waals surface area contributed by atoms with Gasteiger partial charge in [0.2, 0.25) is 5.91 Å². The smallest absolute Gasteiger partial charge is 0.261 e. The summed E-state index contributed by atoms with van der Waals surface area (Å²) in [7, 11) is 0. The van der Waals surface area contributed by atoms with Gasteiger partial charge in [-0.25, -0.2) is 0 Å². The predicted octanol–water partition coefficient (Wildman–Crippen LogP) is 2.01. The lowest BCUT2D eigenvalue weighted by Crippen LogP contribution is -2.28. The topological polar surface area (TPSA) is 71.1 Å². The van der Waals surface area contributed by atoms with Crippen molar-refractivity contribution in [3.8, 4) is 0 Å². The normalized spacial score (nSPS) is 10.2. The van der Waals surface area contributed by atoms with Crippen LogP contribution in [-0.4, -0.2) is 29.9 Å². The number of aromatic nitrogens is 1. The van der Waals surface area contributed by atoms with E-state index in [-0.39, 0.29) is 11.8 Å². The van der Waals surface area contributed by atoms with Crippen molar-refractivity contribution in [3.63, 3.8) is 0 Å². The molecule has 2 heterocycles. The van der Waals surface area contributed by atoms with Crippen molar-refractivity contribution in [1.29, 1.82) is 0 Å². The number of carbonyl (C=O) groups is 2. The quantitative estimate of drug-likeness (QED) is 0.732. The Labute approximate surface area is 133 Å². The molecule has 0 fully saturated rings. The van der Waals surface area contributed by atoms with Crippen LogP contribution in [0.5, 0.6) is 0 Å². The minimum absolute atomic E-state index is 0.00858. The van der Waals surface area contributed by atoms with E-state index in [1.54, 1.807) is 18.5 Å². The van der Waals surface area contributed by atoms with Crippen LogP contribution in [0.2, 0.25) is 0 Å². The minimum Gasteiger partial charge on any atom is -0.356 e. The summed E-state index contributed by atoms with van der Waals surface area (Å²) < 4.78 is 0. The molecule has 0 atom stereocenters. The van der Waals surface area contributed by atoms with Crippen LogP contribution in [0.15, 0.2) is 42.0 Å². The maximum Gasteiger partial charge on any atom is 0.261 e. The fourth-order valence-corrected chi connectivity index (χ4v) is 2.57. The molecule has 2 rings (SSSR count). The number of pyridine rings is 1. The van der Waals surface area contributed by atoms with E-state index in [1.165, 1.54) is 11.3 Å². The fraction of sp³-hybridized carbons (Fsp3) is 0.312. The molecule has 0 radical (unpaired) electrons. The third kappa shape index (κ3) is 5.65. The van der Waals surface area contributed by atoms with E-state index in [2.05, 4.69) is 15.6 Å². The Balaban J connectivity index is 1.53. The Kier molecular flexibility index (Phi) is 6.57. The molecule has 2 N–H and O–H groups in total. The molecule has 2 aromatic heterocycles. The van der Waals surface area contributed by atoms with Gasteiger partial charge >= 0.3 is 0 Å². The standard InChI is InChI=1S/C16H19N3O2S/c20-15(18-10-7-13-4-1-8-17-12-13)6-2-9-19-16(21)14-5-3-11-22-14/h1,3-5,8,11-12H,2,6-7,9-10H2,(H,18,20)(H,19,21). The molecule has 0 aliphatic heterocycles. The highest BCUT2D eigenvalue weighted by atomic mass is 32.1. The van der Waals surface area contributed by atoms with E-state index >= 15 is 0 Å². The number of hydrogen-bond donors (Lipinski definition) is 2. The fourth-order valence-electron chi connectivity index (χ4n) is 1.93. The van der Waals surface area contributed by atoms with Crippen molar-refractivity contribution < 1.29 is 9.59 Å². The van der Waals surface area contributed by atoms with Crippen molar-refractivity contribution in [3.05, 3.63) is 52.5 Å². The molecule has 0 bridgehead atoms. The molecule has 6 heteroatoms. The van der Waals surface area contributed by atoms with Gasteiger partial charge in [0.25, 0.3) is 5.91 Å². The Morgan fingerprint density at radius 1 is 1.14 bits per heavy atom. The third-order valence-corrected chi connectivity index (χ3v) is 3.94. The van der Waals surface area contributed by atoms with Gasteiger partial charge in [-0.05, 0) is 35.9 Å². The van der Waals surface area contributed by atoms with Gasteiger partial charge in [0.05, 0.1) is 4.88 Å². The van der Waals surface area contributed by atoms with Gasteiger partial charge in [-0.3, -0.25) is 14.6 Å². The molecule has 0 aromatic carbocycles. The first-order valence-corrected chi connectivity index (χ1v) is 8.11. The monoisotopic (exact) mass is 317 g/mol. The van der Waals surface area contributed by atoms with Crippen molar-refractivity contribution in [1.82, 2.24) is 15.6 Å². The van der Waals surface area contributed by atoms with Crippen molar-refractivity contribution >= 4 is 23.2 Å². The van der Waals surface area contributed by atoms with Gasteiger partial charge < -0.3 is 10.6 Å². The summed E-state index contributed by atoms with van der Waals surface area (Å²) in [6, 6.07) is 7.49. The first-order chi connectivity index (χ1) is 10.8. The highest BCUT2D eigenvalue weighted by Gasteiger charge is 2.06. The van der Waals surface area contributed by atoms with Gasteiger partial charge in [0.1, 0.15) is 0 Å². The summed E-state index contributed by atoms with van der Waals surface area (Å²) in [6.45, 7) is 1.11. The Hall–Kier alpha value is -2.21. The predicted molar refractivity (Wildman–Crippen MR) is 86.8 cm³/mol. The Morgan fingerprint density at radius 2 is 2.05 bits per heavy atom.